The average molecular weight is 439 g/mol. The van der Waals surface area contributed by atoms with Crippen molar-refractivity contribution in [2.24, 2.45) is 7.05 Å². The number of methoxy groups -OCH3 is 1. The summed E-state index contributed by atoms with van der Waals surface area (Å²) in [6.07, 6.45) is 2.12. The quantitative estimate of drug-likeness (QED) is 0.472. The van der Waals surface area contributed by atoms with Gasteiger partial charge in [0.2, 0.25) is 0 Å². The highest BCUT2D eigenvalue weighted by molar-refractivity contribution is 7.97. The van der Waals surface area contributed by atoms with Gasteiger partial charge in [0.05, 0.1) is 12.7 Å². The Morgan fingerprint density at radius 1 is 1.16 bits per heavy atom. The third-order valence-corrected chi connectivity index (χ3v) is 6.78. The summed E-state index contributed by atoms with van der Waals surface area (Å²) in [4.78, 5) is 25.6. The lowest BCUT2D eigenvalue weighted by Gasteiger charge is -2.27. The van der Waals surface area contributed by atoms with Crippen LogP contribution in [0.5, 0.6) is 0 Å². The summed E-state index contributed by atoms with van der Waals surface area (Å²) < 4.78 is 11.3. The van der Waals surface area contributed by atoms with Crippen molar-refractivity contribution in [2.75, 3.05) is 13.7 Å². The number of hydrogen-bond donors (Lipinski definition) is 1. The van der Waals surface area contributed by atoms with Crippen LogP contribution >= 0.6 is 11.9 Å². The van der Waals surface area contributed by atoms with Crippen molar-refractivity contribution in [3.8, 4) is 0 Å². The highest BCUT2D eigenvalue weighted by Crippen LogP contribution is 2.31. The molecule has 7 nitrogen and oxygen atoms in total. The molecule has 2 aromatic heterocycles. The second kappa shape index (κ2) is 9.03. The van der Waals surface area contributed by atoms with E-state index in [-0.39, 0.29) is 5.91 Å². The van der Waals surface area contributed by atoms with Gasteiger partial charge in [0, 0.05) is 55.7 Å². The highest BCUT2D eigenvalue weighted by Gasteiger charge is 2.21. The first-order valence-electron chi connectivity index (χ1n) is 10.1. The number of hydrogen-bond acceptors (Lipinski definition) is 5. The molecule has 3 aromatic rings. The molecule has 1 amide bonds. The number of nitrogens with one attached hydrogen (secondary N) is 1. The summed E-state index contributed by atoms with van der Waals surface area (Å²) >= 11 is 1.70. The Hall–Kier alpha value is -2.97. The minimum absolute atomic E-state index is 0.145. The number of fused-ring (bicyclic) bond motifs is 1. The van der Waals surface area contributed by atoms with Crippen LogP contribution in [-0.2, 0) is 31.4 Å². The van der Waals surface area contributed by atoms with Gasteiger partial charge in [0.25, 0.3) is 5.91 Å². The Kier molecular flexibility index (Phi) is 6.20. The smallest absolute Gasteiger partial charge is 0.337 e. The maximum absolute atomic E-state index is 12.9. The van der Waals surface area contributed by atoms with Crippen molar-refractivity contribution >= 4 is 23.8 Å². The molecular formula is C23H26N4O3S. The normalized spacial score (nSPS) is 13.6. The Morgan fingerprint density at radius 3 is 2.81 bits per heavy atom. The predicted molar refractivity (Wildman–Crippen MR) is 120 cm³/mol. The summed E-state index contributed by atoms with van der Waals surface area (Å²) in [5.74, 6) is -0.536. The number of benzene rings is 1. The maximum Gasteiger partial charge on any atom is 0.337 e. The van der Waals surface area contributed by atoms with Crippen LogP contribution in [0, 0.1) is 6.92 Å². The van der Waals surface area contributed by atoms with E-state index in [0.717, 1.165) is 35.8 Å². The number of carbonyl (C=O) groups is 2. The minimum Gasteiger partial charge on any atom is -0.465 e. The van der Waals surface area contributed by atoms with Crippen molar-refractivity contribution in [1.82, 2.24) is 18.8 Å². The lowest BCUT2D eigenvalue weighted by Crippen LogP contribution is -2.27. The van der Waals surface area contributed by atoms with Crippen LogP contribution in [0.3, 0.4) is 0 Å². The molecule has 0 fully saturated rings. The molecule has 0 saturated carbocycles. The van der Waals surface area contributed by atoms with Crippen LogP contribution in [0.4, 0.5) is 0 Å². The van der Waals surface area contributed by atoms with Gasteiger partial charge < -0.3 is 19.2 Å². The molecule has 0 radical (unpaired) electrons. The Balaban J connectivity index is 1.42. The lowest BCUT2D eigenvalue weighted by atomic mass is 10.1. The van der Waals surface area contributed by atoms with E-state index in [9.17, 15) is 9.59 Å². The molecule has 0 spiro atoms. The van der Waals surface area contributed by atoms with E-state index in [0.29, 0.717) is 17.8 Å². The van der Waals surface area contributed by atoms with Gasteiger partial charge in [0.1, 0.15) is 5.69 Å². The van der Waals surface area contributed by atoms with Gasteiger partial charge >= 0.3 is 5.97 Å². The number of carbonyl (C=O) groups excluding carboxylic acids is 2. The number of amides is 1. The average Bonchev–Trinajstić information content (AvgIpc) is 3.37. The van der Waals surface area contributed by atoms with Gasteiger partial charge in [-0.3, -0.25) is 4.79 Å². The van der Waals surface area contributed by atoms with Crippen LogP contribution in [0.1, 0.15) is 37.8 Å². The van der Waals surface area contributed by atoms with Crippen molar-refractivity contribution in [3.63, 3.8) is 0 Å². The van der Waals surface area contributed by atoms with Gasteiger partial charge in [-0.05, 0) is 54.8 Å². The molecule has 1 aliphatic rings. The van der Waals surface area contributed by atoms with E-state index in [1.807, 2.05) is 30.7 Å². The largest absolute Gasteiger partial charge is 0.465 e. The summed E-state index contributed by atoms with van der Waals surface area (Å²) in [5.41, 5.74) is 4.29. The zero-order valence-electron chi connectivity index (χ0n) is 17.9. The minimum atomic E-state index is -0.391. The monoisotopic (exact) mass is 438 g/mol. The zero-order chi connectivity index (χ0) is 22.0. The Labute approximate surface area is 186 Å². The predicted octanol–water partition coefficient (Wildman–Crippen LogP) is 3.37. The highest BCUT2D eigenvalue weighted by atomic mass is 32.2. The third-order valence-electron chi connectivity index (χ3n) is 5.60. The van der Waals surface area contributed by atoms with Crippen LogP contribution < -0.4 is 5.32 Å². The molecule has 0 bridgehead atoms. The molecule has 162 valence electrons. The van der Waals surface area contributed by atoms with Crippen molar-refractivity contribution < 1.29 is 14.3 Å². The second-order valence-corrected chi connectivity index (χ2v) is 8.70. The van der Waals surface area contributed by atoms with E-state index < -0.39 is 5.97 Å². The molecule has 1 aromatic carbocycles. The van der Waals surface area contributed by atoms with E-state index >= 15 is 0 Å². The van der Waals surface area contributed by atoms with Gasteiger partial charge in [0.15, 0.2) is 0 Å². The van der Waals surface area contributed by atoms with Crippen LogP contribution in [0.2, 0.25) is 0 Å². The maximum atomic E-state index is 12.9. The number of esters is 1. The number of ether oxygens (including phenoxy) is 1. The first-order chi connectivity index (χ1) is 15.0. The number of nitrogens with zero attached hydrogens (tertiary/aromatic N) is 3. The lowest BCUT2D eigenvalue weighted by molar-refractivity contribution is 0.0600. The molecule has 31 heavy (non-hydrogen) atoms. The van der Waals surface area contributed by atoms with Gasteiger partial charge in [-0.15, -0.1) is 0 Å². The summed E-state index contributed by atoms with van der Waals surface area (Å²) in [6, 6.07) is 13.3. The molecule has 0 aliphatic carbocycles. The van der Waals surface area contributed by atoms with Crippen molar-refractivity contribution in [1.29, 1.82) is 0 Å². The zero-order valence-corrected chi connectivity index (χ0v) is 18.7. The van der Waals surface area contributed by atoms with Crippen LogP contribution in [0.15, 0.2) is 53.6 Å². The number of aromatic nitrogens is 2. The fourth-order valence-corrected chi connectivity index (χ4v) is 4.77. The van der Waals surface area contributed by atoms with E-state index in [1.54, 1.807) is 30.1 Å². The SMILES string of the molecule is COC(=O)c1cccc(CNC(=O)c2cc(SN3CCn4cccc4C3)c(C)n2C)c1. The topological polar surface area (TPSA) is 68.5 Å². The fourth-order valence-electron chi connectivity index (χ4n) is 3.69. The molecule has 3 heterocycles. The number of rotatable bonds is 6. The molecule has 1 N–H and O–H groups in total. The van der Waals surface area contributed by atoms with Crippen molar-refractivity contribution in [2.45, 2.75) is 31.5 Å². The molecule has 0 saturated heterocycles. The molecule has 1 aliphatic heterocycles. The van der Waals surface area contributed by atoms with E-state index in [2.05, 4.69) is 32.5 Å². The summed E-state index contributed by atoms with van der Waals surface area (Å²) in [6.45, 7) is 5.17. The molecule has 8 heteroatoms. The Morgan fingerprint density at radius 2 is 2.00 bits per heavy atom. The Bertz CT molecular complexity index is 1120. The molecule has 0 unspecified atom stereocenters. The van der Waals surface area contributed by atoms with Crippen LogP contribution in [-0.4, -0.2) is 39.0 Å². The second-order valence-electron chi connectivity index (χ2n) is 7.56. The standard InChI is InChI=1S/C23H26N4O3S/c1-16-21(31-27-11-10-26-9-5-8-19(26)15-27)13-20(25(16)2)22(28)24-14-17-6-4-7-18(12-17)23(29)30-3/h4-9,12-13H,10-11,14-15H2,1-3H3,(H,24,28). The molecule has 0 atom stereocenters. The van der Waals surface area contributed by atoms with Gasteiger partial charge in [-0.25, -0.2) is 9.10 Å². The van der Waals surface area contributed by atoms with Crippen molar-refractivity contribution in [3.05, 3.63) is 76.9 Å². The van der Waals surface area contributed by atoms with Gasteiger partial charge in [-0.2, -0.15) is 0 Å². The third kappa shape index (κ3) is 4.55. The first-order valence-corrected chi connectivity index (χ1v) is 10.9. The van der Waals surface area contributed by atoms with E-state index in [1.165, 1.54) is 12.8 Å². The summed E-state index contributed by atoms with van der Waals surface area (Å²) in [7, 11) is 3.26. The van der Waals surface area contributed by atoms with Crippen LogP contribution in [0.25, 0.3) is 0 Å². The molecule has 4 rings (SSSR count). The fraction of sp³-hybridized carbons (Fsp3) is 0.304. The van der Waals surface area contributed by atoms with E-state index in [4.69, 9.17) is 4.74 Å². The first kappa shape index (κ1) is 21.3. The molecular weight excluding hydrogens is 412 g/mol. The summed E-state index contributed by atoms with van der Waals surface area (Å²) in [5, 5.41) is 2.96. The van der Waals surface area contributed by atoms with Gasteiger partial charge in [-0.1, -0.05) is 12.1 Å².